The molecule has 1 unspecified atom stereocenters. The Morgan fingerprint density at radius 1 is 1.16 bits per heavy atom. The minimum Gasteiger partial charge on any atom is -0.357 e. The lowest BCUT2D eigenvalue weighted by Crippen LogP contribution is -2.27. The van der Waals surface area contributed by atoms with E-state index in [9.17, 15) is 9.18 Å². The first kappa shape index (κ1) is 21.2. The van der Waals surface area contributed by atoms with Crippen LogP contribution >= 0.6 is 0 Å². The third kappa shape index (κ3) is 4.82. The number of hydrogen-bond donors (Lipinski definition) is 1. The number of aromatic nitrogens is 3. The monoisotopic (exact) mass is 422 g/mol. The first-order valence-corrected chi connectivity index (χ1v) is 10.6. The van der Waals surface area contributed by atoms with Crippen molar-refractivity contribution >= 4 is 11.7 Å². The van der Waals surface area contributed by atoms with E-state index >= 15 is 0 Å². The van der Waals surface area contributed by atoms with Gasteiger partial charge >= 0.3 is 0 Å². The SMILES string of the molecule is CC(C)(C)C(=O)Nc1cc(-c2cn(C3CCCCO3)nc2-c2ccc(F)cc2)ccn1. The lowest BCUT2D eigenvalue weighted by atomic mass is 9.95. The Balaban J connectivity index is 1.74. The molecule has 1 aliphatic rings. The molecule has 1 fully saturated rings. The standard InChI is InChI=1S/C24H27FN4O2/c1-24(2,3)23(30)27-20-14-17(11-12-26-20)19-15-29(21-6-4-5-13-31-21)28-22(19)16-7-9-18(25)10-8-16/h7-12,14-15,21H,4-6,13H2,1-3H3,(H,26,27,30). The molecule has 0 bridgehead atoms. The molecular formula is C24H27FN4O2. The van der Waals surface area contributed by atoms with Gasteiger partial charge in [-0.1, -0.05) is 20.8 Å². The molecule has 1 aliphatic heterocycles. The highest BCUT2D eigenvalue weighted by Gasteiger charge is 2.23. The summed E-state index contributed by atoms with van der Waals surface area (Å²) in [5.41, 5.74) is 2.74. The van der Waals surface area contributed by atoms with Crippen molar-refractivity contribution in [3.63, 3.8) is 0 Å². The van der Waals surface area contributed by atoms with Gasteiger partial charge < -0.3 is 10.1 Å². The number of hydrogen-bond acceptors (Lipinski definition) is 4. The maximum atomic E-state index is 13.5. The first-order chi connectivity index (χ1) is 14.8. The summed E-state index contributed by atoms with van der Waals surface area (Å²) in [7, 11) is 0. The summed E-state index contributed by atoms with van der Waals surface area (Å²) in [5.74, 6) is 0.0720. The van der Waals surface area contributed by atoms with E-state index in [1.165, 1.54) is 12.1 Å². The number of benzene rings is 1. The molecule has 1 atom stereocenters. The van der Waals surface area contributed by atoms with Crippen LogP contribution in [0.4, 0.5) is 10.2 Å². The Hall–Kier alpha value is -3.06. The van der Waals surface area contributed by atoms with Crippen LogP contribution in [0, 0.1) is 11.2 Å². The third-order valence-electron chi connectivity index (χ3n) is 5.29. The number of amides is 1. The zero-order valence-corrected chi connectivity index (χ0v) is 18.1. The van der Waals surface area contributed by atoms with Gasteiger partial charge in [0.05, 0.1) is 0 Å². The highest BCUT2D eigenvalue weighted by atomic mass is 19.1. The van der Waals surface area contributed by atoms with Crippen LogP contribution in [0.1, 0.15) is 46.3 Å². The molecule has 31 heavy (non-hydrogen) atoms. The Morgan fingerprint density at radius 2 is 1.94 bits per heavy atom. The molecule has 0 spiro atoms. The van der Waals surface area contributed by atoms with Crippen LogP contribution in [-0.4, -0.2) is 27.3 Å². The molecule has 1 N–H and O–H groups in total. The van der Waals surface area contributed by atoms with E-state index in [-0.39, 0.29) is 18.0 Å². The molecule has 2 aromatic heterocycles. The molecule has 3 heterocycles. The smallest absolute Gasteiger partial charge is 0.230 e. The lowest BCUT2D eigenvalue weighted by Gasteiger charge is -2.22. The lowest BCUT2D eigenvalue weighted by molar-refractivity contribution is -0.123. The van der Waals surface area contributed by atoms with Gasteiger partial charge in [0.15, 0.2) is 0 Å². The molecule has 162 valence electrons. The molecule has 4 rings (SSSR count). The largest absolute Gasteiger partial charge is 0.357 e. The Labute approximate surface area is 181 Å². The maximum Gasteiger partial charge on any atom is 0.230 e. The highest BCUT2D eigenvalue weighted by molar-refractivity contribution is 5.94. The number of pyridine rings is 1. The van der Waals surface area contributed by atoms with Crippen LogP contribution in [0.25, 0.3) is 22.4 Å². The zero-order valence-electron chi connectivity index (χ0n) is 18.1. The zero-order chi connectivity index (χ0) is 22.0. The molecular weight excluding hydrogens is 395 g/mol. The summed E-state index contributed by atoms with van der Waals surface area (Å²) in [6.45, 7) is 6.27. The van der Waals surface area contributed by atoms with E-state index in [1.807, 2.05) is 43.8 Å². The molecule has 6 nitrogen and oxygen atoms in total. The fourth-order valence-electron chi connectivity index (χ4n) is 3.47. The normalized spacial score (nSPS) is 16.8. The van der Waals surface area contributed by atoms with E-state index in [0.29, 0.717) is 12.4 Å². The fourth-order valence-corrected chi connectivity index (χ4v) is 3.47. The topological polar surface area (TPSA) is 69.0 Å². The summed E-state index contributed by atoms with van der Waals surface area (Å²) in [5, 5.41) is 7.68. The van der Waals surface area contributed by atoms with E-state index in [2.05, 4.69) is 10.3 Å². The number of carbonyl (C=O) groups excluding carboxylic acids is 1. The van der Waals surface area contributed by atoms with E-state index < -0.39 is 5.41 Å². The number of anilines is 1. The summed E-state index contributed by atoms with van der Waals surface area (Å²) >= 11 is 0. The second-order valence-electron chi connectivity index (χ2n) is 8.83. The molecule has 7 heteroatoms. The molecule has 3 aromatic rings. The molecule has 0 saturated carbocycles. The van der Waals surface area contributed by atoms with Gasteiger partial charge in [0.2, 0.25) is 5.91 Å². The van der Waals surface area contributed by atoms with Crippen LogP contribution in [-0.2, 0) is 9.53 Å². The van der Waals surface area contributed by atoms with E-state index in [1.54, 1.807) is 18.3 Å². The van der Waals surface area contributed by atoms with Gasteiger partial charge in [-0.05, 0) is 61.2 Å². The Morgan fingerprint density at radius 3 is 2.61 bits per heavy atom. The van der Waals surface area contributed by atoms with Crippen molar-refractivity contribution in [2.75, 3.05) is 11.9 Å². The highest BCUT2D eigenvalue weighted by Crippen LogP contribution is 2.34. The van der Waals surface area contributed by atoms with Gasteiger partial charge in [-0.2, -0.15) is 5.10 Å². The van der Waals surface area contributed by atoms with Crippen LogP contribution in [0.15, 0.2) is 48.8 Å². The molecule has 1 saturated heterocycles. The Bertz CT molecular complexity index is 1060. The second kappa shape index (κ2) is 8.59. The van der Waals surface area contributed by atoms with Crippen molar-refractivity contribution in [3.8, 4) is 22.4 Å². The van der Waals surface area contributed by atoms with Gasteiger partial charge in [-0.3, -0.25) is 4.79 Å². The van der Waals surface area contributed by atoms with Crippen LogP contribution in [0.2, 0.25) is 0 Å². The molecule has 0 aliphatic carbocycles. The minimum atomic E-state index is -0.528. The molecule has 1 aromatic carbocycles. The van der Waals surface area contributed by atoms with Crippen molar-refractivity contribution in [1.82, 2.24) is 14.8 Å². The number of halogens is 1. The number of nitrogens with one attached hydrogen (secondary N) is 1. The Kier molecular flexibility index (Phi) is 5.87. The number of rotatable bonds is 4. The quantitative estimate of drug-likeness (QED) is 0.608. The van der Waals surface area contributed by atoms with E-state index in [4.69, 9.17) is 9.84 Å². The van der Waals surface area contributed by atoms with Crippen LogP contribution < -0.4 is 5.32 Å². The third-order valence-corrected chi connectivity index (χ3v) is 5.29. The molecule has 0 radical (unpaired) electrons. The van der Waals surface area contributed by atoms with Crippen molar-refractivity contribution in [3.05, 3.63) is 54.6 Å². The molecule has 1 amide bonds. The van der Waals surface area contributed by atoms with Crippen molar-refractivity contribution in [2.45, 2.75) is 46.3 Å². The number of ether oxygens (including phenoxy) is 1. The van der Waals surface area contributed by atoms with Gasteiger partial charge in [-0.25, -0.2) is 14.1 Å². The summed E-state index contributed by atoms with van der Waals surface area (Å²) < 4.78 is 21.3. The average Bonchev–Trinajstić information content (AvgIpc) is 3.20. The number of nitrogens with zero attached hydrogens (tertiary/aromatic N) is 3. The van der Waals surface area contributed by atoms with Crippen molar-refractivity contribution in [2.24, 2.45) is 5.41 Å². The van der Waals surface area contributed by atoms with Gasteiger partial charge in [0.25, 0.3) is 0 Å². The summed E-state index contributed by atoms with van der Waals surface area (Å²) in [6.07, 6.45) is 6.53. The summed E-state index contributed by atoms with van der Waals surface area (Å²) in [6, 6.07) is 10.0. The van der Waals surface area contributed by atoms with E-state index in [0.717, 1.165) is 41.6 Å². The van der Waals surface area contributed by atoms with Gasteiger partial charge in [0, 0.05) is 35.5 Å². The summed E-state index contributed by atoms with van der Waals surface area (Å²) in [4.78, 5) is 16.7. The first-order valence-electron chi connectivity index (χ1n) is 10.6. The fraction of sp³-hybridized carbons (Fsp3) is 0.375. The van der Waals surface area contributed by atoms with Crippen LogP contribution in [0.3, 0.4) is 0 Å². The minimum absolute atomic E-state index is 0.109. The van der Waals surface area contributed by atoms with Gasteiger partial charge in [0.1, 0.15) is 23.6 Å². The predicted molar refractivity (Wildman–Crippen MR) is 118 cm³/mol. The second-order valence-corrected chi connectivity index (χ2v) is 8.83. The van der Waals surface area contributed by atoms with Crippen LogP contribution in [0.5, 0.6) is 0 Å². The average molecular weight is 423 g/mol. The maximum absolute atomic E-state index is 13.5. The van der Waals surface area contributed by atoms with Gasteiger partial charge in [-0.15, -0.1) is 0 Å². The predicted octanol–water partition coefficient (Wildman–Crippen LogP) is 5.43. The number of carbonyl (C=O) groups is 1. The van der Waals surface area contributed by atoms with Crippen molar-refractivity contribution < 1.29 is 13.9 Å². The van der Waals surface area contributed by atoms with Crippen molar-refractivity contribution in [1.29, 1.82) is 0 Å².